The van der Waals surface area contributed by atoms with E-state index in [1.165, 1.54) is 0 Å². The number of hydrogen-bond acceptors (Lipinski definition) is 7. The lowest BCUT2D eigenvalue weighted by atomic mass is 10.1. The van der Waals surface area contributed by atoms with Crippen LogP contribution < -0.4 is 10.6 Å². The Morgan fingerprint density at radius 2 is 1.91 bits per heavy atom. The van der Waals surface area contributed by atoms with Crippen LogP contribution >= 0.6 is 63.1 Å². The second-order valence-corrected chi connectivity index (χ2v) is 8.87. The first-order valence-corrected chi connectivity index (χ1v) is 10.8. The third-order valence-corrected chi connectivity index (χ3v) is 6.57. The van der Waals surface area contributed by atoms with Gasteiger partial charge in [-0.3, -0.25) is 0 Å². The number of nitrogens with zero attached hydrogens (tertiary/aromatic N) is 3. The number of halogens is 2. The molecule has 6 nitrogen and oxygen atoms in total. The molecule has 0 amide bonds. The van der Waals surface area contributed by atoms with Gasteiger partial charge in [-0.2, -0.15) is 27.0 Å². The molecule has 2 N–H and O–H groups in total. The molecule has 11 heteroatoms. The molecule has 0 radical (unpaired) electrons. The normalized spacial score (nSPS) is 17.6. The summed E-state index contributed by atoms with van der Waals surface area (Å²) in [6.45, 7) is 9.27. The molecule has 2 aliphatic heterocycles. The van der Waals surface area contributed by atoms with E-state index in [1.807, 2.05) is 12.1 Å². The van der Waals surface area contributed by atoms with Gasteiger partial charge < -0.3 is 20.3 Å². The van der Waals surface area contributed by atoms with Crippen LogP contribution in [0.2, 0.25) is 0 Å². The number of benzene rings is 1. The molecular weight excluding hydrogens is 505 g/mol. The van der Waals surface area contributed by atoms with E-state index >= 15 is 0 Å². The van der Waals surface area contributed by atoms with Gasteiger partial charge in [-0.1, -0.05) is 26.0 Å². The number of piperazine rings is 1. The number of para-hydroxylation sites is 2. The van der Waals surface area contributed by atoms with E-state index < -0.39 is 0 Å². The summed E-state index contributed by atoms with van der Waals surface area (Å²) >= 11 is 1.74. The zero-order valence-corrected chi connectivity index (χ0v) is 23.3. The highest BCUT2D eigenvalue weighted by Gasteiger charge is 2.29. The summed E-state index contributed by atoms with van der Waals surface area (Å²) in [6.07, 6.45) is 1.22. The Morgan fingerprint density at radius 3 is 2.59 bits per heavy atom. The predicted octanol–water partition coefficient (Wildman–Crippen LogP) is 5.17. The highest BCUT2D eigenvalue weighted by Crippen LogP contribution is 2.39. The van der Waals surface area contributed by atoms with Crippen LogP contribution in [0.25, 0.3) is 0 Å². The minimum Gasteiger partial charge on any atom is -0.382 e. The number of aromatic nitrogens is 1. The van der Waals surface area contributed by atoms with E-state index in [2.05, 4.69) is 48.4 Å². The lowest BCUT2D eigenvalue weighted by Crippen LogP contribution is -2.53. The lowest BCUT2D eigenvalue weighted by Gasteiger charge is -2.36. The van der Waals surface area contributed by atoms with Crippen LogP contribution in [0.15, 0.2) is 29.3 Å². The molecule has 2 atom stereocenters. The van der Waals surface area contributed by atoms with Gasteiger partial charge in [0.05, 0.1) is 22.5 Å². The SMILES string of the molecule is CO[C@@H](C)C[C@H]1CN(C2=Nc3ccccc3Nc3sc(C(C)C)nc32)CCN1.Cl.Cl.S.S. The number of anilines is 2. The Balaban J connectivity index is 0.00000240. The predicted molar refractivity (Wildman–Crippen MR) is 152 cm³/mol. The highest BCUT2D eigenvalue weighted by atomic mass is 35.5. The Kier molecular flexibility index (Phi) is 13.6. The van der Waals surface area contributed by atoms with Gasteiger partial charge in [-0.15, -0.1) is 36.2 Å². The molecule has 4 rings (SSSR count). The molecule has 1 aromatic heterocycles. The van der Waals surface area contributed by atoms with Crippen molar-refractivity contribution < 1.29 is 4.74 Å². The molecule has 2 aliphatic rings. The largest absolute Gasteiger partial charge is 0.382 e. The van der Waals surface area contributed by atoms with Crippen molar-refractivity contribution in [3.63, 3.8) is 0 Å². The Bertz CT molecular complexity index is 881. The average Bonchev–Trinajstić information content (AvgIpc) is 3.04. The third kappa shape index (κ3) is 6.91. The number of thiazole rings is 1. The van der Waals surface area contributed by atoms with Crippen molar-refractivity contribution in [3.8, 4) is 0 Å². The topological polar surface area (TPSA) is 61.8 Å². The molecule has 1 fully saturated rings. The molecule has 182 valence electrons. The van der Waals surface area contributed by atoms with Gasteiger partial charge >= 0.3 is 0 Å². The van der Waals surface area contributed by atoms with Crippen LogP contribution in [-0.4, -0.2) is 54.6 Å². The van der Waals surface area contributed by atoms with Crippen LogP contribution in [0.1, 0.15) is 43.8 Å². The highest BCUT2D eigenvalue weighted by molar-refractivity contribution is 7.59. The number of fused-ring (bicyclic) bond motifs is 2. The maximum absolute atomic E-state index is 5.48. The molecule has 0 saturated carbocycles. The summed E-state index contributed by atoms with van der Waals surface area (Å²) in [5.41, 5.74) is 2.98. The maximum Gasteiger partial charge on any atom is 0.158 e. The first-order valence-electron chi connectivity index (χ1n) is 10.0. The van der Waals surface area contributed by atoms with Crippen molar-refractivity contribution in [3.05, 3.63) is 35.0 Å². The fourth-order valence-electron chi connectivity index (χ4n) is 3.68. The fourth-order valence-corrected chi connectivity index (χ4v) is 4.66. The summed E-state index contributed by atoms with van der Waals surface area (Å²) in [4.78, 5) is 12.5. The lowest BCUT2D eigenvalue weighted by molar-refractivity contribution is 0.0929. The van der Waals surface area contributed by atoms with Crippen molar-refractivity contribution in [2.75, 3.05) is 32.1 Å². The summed E-state index contributed by atoms with van der Waals surface area (Å²) < 4.78 is 5.48. The first kappa shape index (κ1) is 31.3. The molecular formula is C21H35Cl2N5OS3. The molecule has 0 spiro atoms. The van der Waals surface area contributed by atoms with Crippen molar-refractivity contribution in [1.82, 2.24) is 15.2 Å². The zero-order chi connectivity index (χ0) is 19.7. The standard InChI is InChI=1S/C21H29N5OS.2ClH.2H2S/c1-13(2)20-25-18-19(26-10-9-22-15(12-26)11-14(3)27-4)23-16-7-5-6-8-17(16)24-21(18)28-20;;;;/h5-8,13-15,22,24H,9-12H2,1-4H3;2*1H;2*1H2/t14-,15-;;;;/m0..../s1. The molecule has 0 aliphatic carbocycles. The fraction of sp³-hybridized carbons (Fsp3) is 0.524. The number of rotatable bonds is 4. The molecule has 3 heterocycles. The van der Waals surface area contributed by atoms with E-state index in [9.17, 15) is 0 Å². The second kappa shape index (κ2) is 13.9. The minimum absolute atomic E-state index is 0. The molecule has 2 aromatic rings. The maximum atomic E-state index is 5.48. The number of hydrogen-bond donors (Lipinski definition) is 2. The molecule has 0 bridgehead atoms. The number of nitrogens with one attached hydrogen (secondary N) is 2. The third-order valence-electron chi connectivity index (χ3n) is 5.30. The number of aliphatic imine (C=N–C) groups is 1. The van der Waals surface area contributed by atoms with E-state index in [0.717, 1.165) is 59.0 Å². The smallest absolute Gasteiger partial charge is 0.158 e. The van der Waals surface area contributed by atoms with Gasteiger partial charge in [0.25, 0.3) is 0 Å². The molecule has 0 unspecified atom stereocenters. The van der Waals surface area contributed by atoms with E-state index in [-0.39, 0.29) is 57.9 Å². The number of methoxy groups -OCH3 is 1. The van der Waals surface area contributed by atoms with Crippen LogP contribution in [0, 0.1) is 0 Å². The Morgan fingerprint density at radius 1 is 1.19 bits per heavy atom. The van der Waals surface area contributed by atoms with Gasteiger partial charge in [0, 0.05) is 38.7 Å². The van der Waals surface area contributed by atoms with Crippen molar-refractivity contribution in [1.29, 1.82) is 0 Å². The summed E-state index contributed by atoms with van der Waals surface area (Å²) in [5, 5.41) is 9.44. The average molecular weight is 541 g/mol. The monoisotopic (exact) mass is 539 g/mol. The molecule has 1 aromatic carbocycles. The number of ether oxygens (including phenoxy) is 1. The van der Waals surface area contributed by atoms with E-state index in [1.54, 1.807) is 18.4 Å². The Labute approximate surface area is 221 Å². The van der Waals surface area contributed by atoms with Crippen LogP contribution in [0.5, 0.6) is 0 Å². The van der Waals surface area contributed by atoms with Crippen molar-refractivity contribution >= 4 is 85.4 Å². The summed E-state index contributed by atoms with van der Waals surface area (Å²) in [5.74, 6) is 1.38. The quantitative estimate of drug-likeness (QED) is 0.561. The summed E-state index contributed by atoms with van der Waals surface area (Å²) in [7, 11) is 1.78. The Hall–Kier alpha value is -0.680. The minimum atomic E-state index is 0. The number of amidine groups is 1. The van der Waals surface area contributed by atoms with Crippen LogP contribution in [0.4, 0.5) is 16.4 Å². The van der Waals surface area contributed by atoms with Crippen molar-refractivity contribution in [2.24, 2.45) is 4.99 Å². The second-order valence-electron chi connectivity index (χ2n) is 7.84. The molecule has 32 heavy (non-hydrogen) atoms. The van der Waals surface area contributed by atoms with E-state index in [4.69, 9.17) is 14.7 Å². The zero-order valence-electron chi connectivity index (χ0n) is 18.8. The molecule has 1 saturated heterocycles. The van der Waals surface area contributed by atoms with Gasteiger partial charge in [-0.25, -0.2) is 9.98 Å². The van der Waals surface area contributed by atoms with E-state index in [0.29, 0.717) is 12.0 Å². The van der Waals surface area contributed by atoms with Crippen molar-refractivity contribution in [2.45, 2.75) is 45.3 Å². The first-order chi connectivity index (χ1) is 13.5. The van der Waals surface area contributed by atoms with Gasteiger partial charge in [0.1, 0.15) is 10.7 Å². The van der Waals surface area contributed by atoms with Gasteiger partial charge in [-0.05, 0) is 25.5 Å². The van der Waals surface area contributed by atoms with Crippen LogP contribution in [-0.2, 0) is 4.74 Å². The summed E-state index contributed by atoms with van der Waals surface area (Å²) in [6, 6.07) is 8.61. The van der Waals surface area contributed by atoms with Gasteiger partial charge in [0.2, 0.25) is 0 Å². The van der Waals surface area contributed by atoms with Gasteiger partial charge in [0.15, 0.2) is 5.84 Å². The van der Waals surface area contributed by atoms with Crippen LogP contribution in [0.3, 0.4) is 0 Å².